The molecular weight excluding hydrogens is 544 g/mol. The molecule has 5 N–H and O–H groups in total. The van der Waals surface area contributed by atoms with E-state index in [9.17, 15) is 28.3 Å². The number of carboxylic acids is 1. The minimum atomic E-state index is -1.32. The maximum atomic E-state index is 13.6. The van der Waals surface area contributed by atoms with Crippen molar-refractivity contribution >= 4 is 69.2 Å². The number of amides is 2. The third kappa shape index (κ3) is 5.85. The van der Waals surface area contributed by atoms with E-state index < -0.39 is 41.2 Å². The van der Waals surface area contributed by atoms with Gasteiger partial charge in [0.2, 0.25) is 5.91 Å². The fraction of sp³-hybridized carbons (Fsp3) is 0.0833. The van der Waals surface area contributed by atoms with Crippen LogP contribution in [0.5, 0.6) is 5.75 Å². The lowest BCUT2D eigenvalue weighted by atomic mass is 10.1. The fourth-order valence-electron chi connectivity index (χ4n) is 3.35. The molecular formula is C24H17F2N3O5S3. The highest BCUT2D eigenvalue weighted by atomic mass is 32.2. The Morgan fingerprint density at radius 1 is 1.14 bits per heavy atom. The number of carbonyl (C=O) groups is 3. The van der Waals surface area contributed by atoms with Crippen LogP contribution in [0.2, 0.25) is 0 Å². The van der Waals surface area contributed by atoms with Gasteiger partial charge in [0.25, 0.3) is 5.91 Å². The molecule has 37 heavy (non-hydrogen) atoms. The molecule has 0 unspecified atom stereocenters. The maximum Gasteiger partial charge on any atom is 0.339 e. The van der Waals surface area contributed by atoms with Crippen LogP contribution in [-0.4, -0.2) is 49.8 Å². The lowest BCUT2D eigenvalue weighted by molar-refractivity contribution is -0.123. The van der Waals surface area contributed by atoms with Gasteiger partial charge < -0.3 is 21.3 Å². The molecule has 0 bridgehead atoms. The predicted molar refractivity (Wildman–Crippen MR) is 141 cm³/mol. The number of anilines is 1. The number of halogens is 2. The molecule has 1 saturated heterocycles. The number of aromatic hydroxyl groups is 1. The number of hydrogen-bond donors (Lipinski definition) is 4. The van der Waals surface area contributed by atoms with Crippen LogP contribution in [0.3, 0.4) is 0 Å². The van der Waals surface area contributed by atoms with E-state index in [2.05, 4.69) is 5.32 Å². The van der Waals surface area contributed by atoms with Gasteiger partial charge in [-0.3, -0.25) is 14.5 Å². The average Bonchev–Trinajstić information content (AvgIpc) is 3.41. The van der Waals surface area contributed by atoms with E-state index in [0.717, 1.165) is 36.0 Å². The molecule has 0 saturated carbocycles. The number of benzene rings is 2. The van der Waals surface area contributed by atoms with Gasteiger partial charge in [0.1, 0.15) is 21.7 Å². The second-order valence-corrected chi connectivity index (χ2v) is 10.4. The smallest absolute Gasteiger partial charge is 0.339 e. The predicted octanol–water partition coefficient (Wildman–Crippen LogP) is 4.26. The summed E-state index contributed by atoms with van der Waals surface area (Å²) < 4.78 is 27.0. The van der Waals surface area contributed by atoms with Crippen LogP contribution in [0.1, 0.15) is 15.2 Å². The van der Waals surface area contributed by atoms with Crippen molar-refractivity contribution < 1.29 is 33.4 Å². The number of rotatable bonds is 7. The molecule has 2 amide bonds. The quantitative estimate of drug-likeness (QED) is 0.248. The van der Waals surface area contributed by atoms with Crippen molar-refractivity contribution in [1.29, 1.82) is 0 Å². The molecule has 4 rings (SSSR count). The van der Waals surface area contributed by atoms with Gasteiger partial charge in [-0.2, -0.15) is 0 Å². The zero-order chi connectivity index (χ0) is 26.9. The fourth-order valence-corrected chi connectivity index (χ4v) is 5.54. The Labute approximate surface area is 222 Å². The van der Waals surface area contributed by atoms with Crippen LogP contribution >= 0.6 is 35.3 Å². The van der Waals surface area contributed by atoms with Crippen molar-refractivity contribution in [3.05, 3.63) is 74.8 Å². The largest absolute Gasteiger partial charge is 0.507 e. The number of phenols is 1. The van der Waals surface area contributed by atoms with Crippen LogP contribution in [0.25, 0.3) is 17.2 Å². The van der Waals surface area contributed by atoms with Crippen molar-refractivity contribution in [2.75, 3.05) is 11.9 Å². The Morgan fingerprint density at radius 3 is 2.57 bits per heavy atom. The lowest BCUT2D eigenvalue weighted by Crippen LogP contribution is -2.46. The van der Waals surface area contributed by atoms with Gasteiger partial charge in [-0.1, -0.05) is 30.0 Å². The molecule has 1 atom stereocenters. The average molecular weight is 562 g/mol. The minimum absolute atomic E-state index is 0.128. The van der Waals surface area contributed by atoms with E-state index in [1.165, 1.54) is 28.4 Å². The van der Waals surface area contributed by atoms with E-state index in [0.29, 0.717) is 20.9 Å². The van der Waals surface area contributed by atoms with Crippen molar-refractivity contribution in [3.63, 3.8) is 0 Å². The molecule has 2 heterocycles. The van der Waals surface area contributed by atoms with Crippen LogP contribution in [-0.2, 0) is 9.59 Å². The SMILES string of the molecule is N[C@H](CN1C(=O)C(=Cc2cc(-c3ccc(F)c(F)c3)cs2)SC1=S)C(=O)Nc1ccc(C(=O)O)c(O)c1. The monoisotopic (exact) mass is 561 g/mol. The van der Waals surface area contributed by atoms with Gasteiger partial charge in [-0.05, 0) is 52.9 Å². The third-order valence-electron chi connectivity index (χ3n) is 5.23. The summed E-state index contributed by atoms with van der Waals surface area (Å²) in [4.78, 5) is 38.6. The summed E-state index contributed by atoms with van der Waals surface area (Å²) >= 11 is 7.63. The van der Waals surface area contributed by atoms with Gasteiger partial charge in [-0.15, -0.1) is 11.3 Å². The number of nitrogens with one attached hydrogen (secondary N) is 1. The molecule has 2 aromatic carbocycles. The molecule has 0 radical (unpaired) electrons. The zero-order valence-corrected chi connectivity index (χ0v) is 21.1. The first-order chi connectivity index (χ1) is 17.5. The Morgan fingerprint density at radius 2 is 1.89 bits per heavy atom. The summed E-state index contributed by atoms with van der Waals surface area (Å²) in [6.07, 6.45) is 1.62. The number of carbonyl (C=O) groups excluding carboxylic acids is 2. The molecule has 1 aromatic heterocycles. The number of thiophene rings is 1. The first kappa shape index (κ1) is 26.4. The standard InChI is InChI=1S/C24H17F2N3O5S3/c25-16-4-1-11(6-17(16)26)12-5-14(36-10-12)8-20-22(32)29(24(35)37-20)9-18(27)21(31)28-13-2-3-15(23(33)34)19(30)7-13/h1-8,10,18,30H,9,27H2,(H,28,31)(H,33,34)/t18-/m1/s1. The van der Waals surface area contributed by atoms with E-state index >= 15 is 0 Å². The number of carboxylic acid groups (broad SMARTS) is 1. The van der Waals surface area contributed by atoms with Crippen molar-refractivity contribution in [3.8, 4) is 16.9 Å². The second kappa shape index (κ2) is 10.8. The number of hydrogen-bond acceptors (Lipinski definition) is 8. The van der Waals surface area contributed by atoms with Gasteiger partial charge in [0.15, 0.2) is 11.6 Å². The van der Waals surface area contributed by atoms with E-state index in [1.807, 2.05) is 0 Å². The van der Waals surface area contributed by atoms with Gasteiger partial charge >= 0.3 is 5.97 Å². The number of thioether (sulfide) groups is 1. The number of nitrogens with zero attached hydrogens (tertiary/aromatic N) is 1. The van der Waals surface area contributed by atoms with Crippen LogP contribution in [0.4, 0.5) is 14.5 Å². The van der Waals surface area contributed by atoms with E-state index in [4.69, 9.17) is 23.1 Å². The first-order valence-corrected chi connectivity index (χ1v) is 12.6. The Bertz CT molecular complexity index is 1470. The molecule has 1 aliphatic rings. The molecule has 0 spiro atoms. The van der Waals surface area contributed by atoms with Gasteiger partial charge in [0, 0.05) is 16.6 Å². The molecule has 8 nitrogen and oxygen atoms in total. The molecule has 0 aliphatic carbocycles. The Balaban J connectivity index is 1.42. The summed E-state index contributed by atoms with van der Waals surface area (Å²) in [6.45, 7) is -0.211. The van der Waals surface area contributed by atoms with Crippen LogP contribution in [0.15, 0.2) is 52.7 Å². The van der Waals surface area contributed by atoms with Crippen LogP contribution < -0.4 is 11.1 Å². The molecule has 1 fully saturated rings. The Hall–Kier alpha value is -3.65. The highest BCUT2D eigenvalue weighted by Crippen LogP contribution is 2.35. The highest BCUT2D eigenvalue weighted by Gasteiger charge is 2.34. The minimum Gasteiger partial charge on any atom is -0.507 e. The van der Waals surface area contributed by atoms with Crippen LogP contribution in [0, 0.1) is 11.6 Å². The number of thiocarbonyl (C=S) groups is 1. The molecule has 3 aromatic rings. The summed E-state index contributed by atoms with van der Waals surface area (Å²) in [7, 11) is 0. The second-order valence-electron chi connectivity index (χ2n) is 7.79. The van der Waals surface area contributed by atoms with E-state index in [-0.39, 0.29) is 22.1 Å². The van der Waals surface area contributed by atoms with Crippen molar-refractivity contribution in [2.24, 2.45) is 5.73 Å². The normalized spacial score (nSPS) is 15.3. The van der Waals surface area contributed by atoms with Gasteiger partial charge in [0.05, 0.1) is 11.4 Å². The van der Waals surface area contributed by atoms with Gasteiger partial charge in [-0.25, -0.2) is 13.6 Å². The van der Waals surface area contributed by atoms with Crippen molar-refractivity contribution in [1.82, 2.24) is 4.90 Å². The molecule has 13 heteroatoms. The lowest BCUT2D eigenvalue weighted by Gasteiger charge is -2.19. The number of aromatic carboxylic acids is 1. The maximum absolute atomic E-state index is 13.6. The highest BCUT2D eigenvalue weighted by molar-refractivity contribution is 8.26. The first-order valence-electron chi connectivity index (χ1n) is 10.5. The summed E-state index contributed by atoms with van der Waals surface area (Å²) in [5, 5.41) is 23.0. The topological polar surface area (TPSA) is 133 Å². The summed E-state index contributed by atoms with van der Waals surface area (Å²) in [5.41, 5.74) is 6.92. The van der Waals surface area contributed by atoms with Crippen molar-refractivity contribution in [2.45, 2.75) is 6.04 Å². The van der Waals surface area contributed by atoms with E-state index in [1.54, 1.807) is 17.5 Å². The molecule has 190 valence electrons. The number of nitrogens with two attached hydrogens (primary N) is 1. The Kier molecular flexibility index (Phi) is 7.68. The summed E-state index contributed by atoms with van der Waals surface area (Å²) in [6, 6.07) is 7.65. The summed E-state index contributed by atoms with van der Waals surface area (Å²) in [5.74, 6) is -4.86. The molecule has 1 aliphatic heterocycles. The zero-order valence-electron chi connectivity index (χ0n) is 18.6. The third-order valence-corrected chi connectivity index (χ3v) is 7.49.